The van der Waals surface area contributed by atoms with Crippen molar-refractivity contribution in [2.75, 3.05) is 0 Å². The highest BCUT2D eigenvalue weighted by molar-refractivity contribution is 6.32. The van der Waals surface area contributed by atoms with Crippen LogP contribution in [0.1, 0.15) is 5.56 Å². The molecule has 63 valence electrons. The minimum atomic E-state index is -4.62. The molecule has 0 atom stereocenters. The molecular formula is C7H3F4Si. The normalized spacial score (nSPS) is 11.8. The Labute approximate surface area is 69.6 Å². The standard InChI is InChI=1S/C7H3F4Si/c8-6-3-4(12)1-2-5(6)7(9,10)11/h1-3H. The summed E-state index contributed by atoms with van der Waals surface area (Å²) >= 11 is 0. The summed E-state index contributed by atoms with van der Waals surface area (Å²) in [6, 6.07) is 2.61. The largest absolute Gasteiger partial charge is 0.419 e. The number of hydrogen-bond acceptors (Lipinski definition) is 0. The average molecular weight is 191 g/mol. The van der Waals surface area contributed by atoms with E-state index in [9.17, 15) is 17.6 Å². The molecule has 0 unspecified atom stereocenters. The third kappa shape index (κ3) is 1.85. The van der Waals surface area contributed by atoms with E-state index in [2.05, 4.69) is 10.2 Å². The minimum absolute atomic E-state index is 0.278. The Bertz CT molecular complexity index is 292. The Hall–Kier alpha value is -0.843. The first kappa shape index (κ1) is 9.25. The van der Waals surface area contributed by atoms with Gasteiger partial charge in [-0.2, -0.15) is 13.2 Å². The highest BCUT2D eigenvalue weighted by atomic mass is 28.1. The Kier molecular flexibility index (Phi) is 2.23. The number of rotatable bonds is 0. The molecule has 0 N–H and O–H groups in total. The van der Waals surface area contributed by atoms with Gasteiger partial charge in [-0.15, -0.1) is 0 Å². The van der Waals surface area contributed by atoms with Crippen molar-refractivity contribution in [1.29, 1.82) is 0 Å². The minimum Gasteiger partial charge on any atom is -0.206 e. The van der Waals surface area contributed by atoms with E-state index in [0.29, 0.717) is 6.07 Å². The van der Waals surface area contributed by atoms with Crippen LogP contribution in [0.2, 0.25) is 0 Å². The molecule has 0 heterocycles. The Morgan fingerprint density at radius 3 is 2.17 bits per heavy atom. The van der Waals surface area contributed by atoms with Gasteiger partial charge in [0.1, 0.15) is 5.82 Å². The summed E-state index contributed by atoms with van der Waals surface area (Å²) < 4.78 is 48.4. The van der Waals surface area contributed by atoms with Gasteiger partial charge in [0.25, 0.3) is 0 Å². The van der Waals surface area contributed by atoms with E-state index >= 15 is 0 Å². The van der Waals surface area contributed by atoms with Crippen LogP contribution in [0.3, 0.4) is 0 Å². The lowest BCUT2D eigenvalue weighted by Crippen LogP contribution is -2.12. The smallest absolute Gasteiger partial charge is 0.206 e. The van der Waals surface area contributed by atoms with Gasteiger partial charge in [0, 0.05) is 0 Å². The van der Waals surface area contributed by atoms with Gasteiger partial charge >= 0.3 is 6.18 Å². The molecular weight excluding hydrogens is 188 g/mol. The van der Waals surface area contributed by atoms with Crippen LogP contribution in [0.4, 0.5) is 17.6 Å². The van der Waals surface area contributed by atoms with Crippen molar-refractivity contribution in [1.82, 2.24) is 0 Å². The molecule has 1 rings (SSSR count). The second kappa shape index (κ2) is 2.89. The van der Waals surface area contributed by atoms with E-state index in [4.69, 9.17) is 0 Å². The van der Waals surface area contributed by atoms with Crippen molar-refractivity contribution in [2.24, 2.45) is 0 Å². The zero-order valence-electron chi connectivity index (χ0n) is 5.74. The highest BCUT2D eigenvalue weighted by Gasteiger charge is 2.33. The van der Waals surface area contributed by atoms with E-state index in [0.717, 1.165) is 12.1 Å². The molecule has 0 aliphatic carbocycles. The number of alkyl halides is 3. The second-order valence-electron chi connectivity index (χ2n) is 2.19. The van der Waals surface area contributed by atoms with Gasteiger partial charge in [0.2, 0.25) is 0 Å². The van der Waals surface area contributed by atoms with Gasteiger partial charge in [-0.25, -0.2) is 4.39 Å². The predicted octanol–water partition coefficient (Wildman–Crippen LogP) is 1.64. The lowest BCUT2D eigenvalue weighted by molar-refractivity contribution is -0.139. The molecule has 0 fully saturated rings. The van der Waals surface area contributed by atoms with Crippen molar-refractivity contribution in [3.63, 3.8) is 0 Å². The lowest BCUT2D eigenvalue weighted by Gasteiger charge is -2.07. The Balaban J connectivity index is 3.19. The van der Waals surface area contributed by atoms with Gasteiger partial charge in [0.15, 0.2) is 0 Å². The zero-order chi connectivity index (χ0) is 9.35. The molecule has 0 saturated heterocycles. The summed E-state index contributed by atoms with van der Waals surface area (Å²) in [6.45, 7) is 0. The monoisotopic (exact) mass is 191 g/mol. The topological polar surface area (TPSA) is 0 Å². The first-order valence-electron chi connectivity index (χ1n) is 2.99. The van der Waals surface area contributed by atoms with Crippen LogP contribution in [-0.2, 0) is 6.18 Å². The molecule has 0 nitrogen and oxygen atoms in total. The van der Waals surface area contributed by atoms with Crippen molar-refractivity contribution in [3.05, 3.63) is 29.6 Å². The maximum absolute atomic E-state index is 12.6. The van der Waals surface area contributed by atoms with Gasteiger partial charge in [-0.1, -0.05) is 11.3 Å². The molecule has 0 amide bonds. The molecule has 12 heavy (non-hydrogen) atoms. The Morgan fingerprint density at radius 1 is 1.17 bits per heavy atom. The van der Waals surface area contributed by atoms with Crippen molar-refractivity contribution < 1.29 is 17.6 Å². The van der Waals surface area contributed by atoms with Crippen LogP contribution in [0.25, 0.3) is 0 Å². The number of halogens is 4. The first-order chi connectivity index (χ1) is 5.41. The molecule has 0 saturated carbocycles. The van der Waals surface area contributed by atoms with Crippen LogP contribution in [0.15, 0.2) is 18.2 Å². The molecule has 0 aliphatic heterocycles. The third-order valence-electron chi connectivity index (χ3n) is 1.27. The van der Waals surface area contributed by atoms with Crippen LogP contribution < -0.4 is 5.19 Å². The van der Waals surface area contributed by atoms with Crippen molar-refractivity contribution >= 4 is 15.4 Å². The molecule has 0 spiro atoms. The van der Waals surface area contributed by atoms with Gasteiger partial charge < -0.3 is 0 Å². The molecule has 1 aromatic rings. The lowest BCUT2D eigenvalue weighted by atomic mass is 10.2. The van der Waals surface area contributed by atoms with Gasteiger partial charge in [-0.3, -0.25) is 0 Å². The van der Waals surface area contributed by atoms with Crippen LogP contribution in [0.5, 0.6) is 0 Å². The first-order valence-corrected chi connectivity index (χ1v) is 3.49. The molecule has 3 radical (unpaired) electrons. The zero-order valence-corrected chi connectivity index (χ0v) is 6.74. The highest BCUT2D eigenvalue weighted by Crippen LogP contribution is 2.30. The molecule has 1 aromatic carbocycles. The maximum atomic E-state index is 12.6. The summed E-state index contributed by atoms with van der Waals surface area (Å²) in [4.78, 5) is 0. The Morgan fingerprint density at radius 2 is 1.75 bits per heavy atom. The number of benzene rings is 1. The van der Waals surface area contributed by atoms with Crippen molar-refractivity contribution in [2.45, 2.75) is 6.18 Å². The summed E-state index contributed by atoms with van der Waals surface area (Å²) in [5.41, 5.74) is -1.25. The van der Waals surface area contributed by atoms with E-state index in [1.54, 1.807) is 0 Å². The van der Waals surface area contributed by atoms with E-state index in [1.807, 2.05) is 0 Å². The summed E-state index contributed by atoms with van der Waals surface area (Å²) in [5.74, 6) is -1.27. The van der Waals surface area contributed by atoms with Crippen LogP contribution >= 0.6 is 0 Å². The van der Waals surface area contributed by atoms with Crippen LogP contribution in [0, 0.1) is 5.82 Å². The molecule has 0 aliphatic rings. The number of hydrogen-bond donors (Lipinski definition) is 0. The summed E-state index contributed by atoms with van der Waals surface area (Å²) in [7, 11) is 2.90. The molecule has 5 heteroatoms. The SMILES string of the molecule is Fc1cc([Si])ccc1C(F)(F)F. The summed E-state index contributed by atoms with van der Waals surface area (Å²) in [6.07, 6.45) is -4.62. The van der Waals surface area contributed by atoms with Gasteiger partial charge in [0.05, 0.1) is 15.8 Å². The quantitative estimate of drug-likeness (QED) is 0.432. The fourth-order valence-corrected chi connectivity index (χ4v) is 0.955. The van der Waals surface area contributed by atoms with Gasteiger partial charge in [-0.05, 0) is 12.1 Å². The average Bonchev–Trinajstić information content (AvgIpc) is 1.83. The van der Waals surface area contributed by atoms with E-state index in [1.165, 1.54) is 0 Å². The summed E-state index contributed by atoms with van der Waals surface area (Å²) in [5, 5.41) is 0.278. The molecule has 0 bridgehead atoms. The van der Waals surface area contributed by atoms with E-state index < -0.39 is 17.6 Å². The third-order valence-corrected chi connectivity index (χ3v) is 1.59. The fourth-order valence-electron chi connectivity index (χ4n) is 0.745. The van der Waals surface area contributed by atoms with Crippen molar-refractivity contribution in [3.8, 4) is 0 Å². The van der Waals surface area contributed by atoms with E-state index in [-0.39, 0.29) is 5.19 Å². The fraction of sp³-hybridized carbons (Fsp3) is 0.143. The maximum Gasteiger partial charge on any atom is 0.419 e. The predicted molar refractivity (Wildman–Crippen MR) is 36.8 cm³/mol. The molecule has 0 aromatic heterocycles. The second-order valence-corrected chi connectivity index (χ2v) is 2.77. The van der Waals surface area contributed by atoms with Crippen LogP contribution in [-0.4, -0.2) is 10.2 Å².